The van der Waals surface area contributed by atoms with Crippen LogP contribution in [0.4, 0.5) is 5.69 Å². The second-order valence-corrected chi connectivity index (χ2v) is 4.91. The summed E-state index contributed by atoms with van der Waals surface area (Å²) in [5, 5.41) is 1.06. The Balaban J connectivity index is 1.65. The summed E-state index contributed by atoms with van der Waals surface area (Å²) in [5.74, 6) is 1.83. The first-order valence-electron chi connectivity index (χ1n) is 5.87. The Morgan fingerprint density at radius 3 is 2.89 bits per heavy atom. The van der Waals surface area contributed by atoms with Gasteiger partial charge in [-0.25, -0.2) is 4.98 Å². The average molecular weight is 260 g/mol. The summed E-state index contributed by atoms with van der Waals surface area (Å²) in [6.07, 6.45) is 2.79. The molecule has 3 nitrogen and oxygen atoms in total. The number of ether oxygens (including phenoxy) is 1. The maximum atomic E-state index is 5.67. The molecule has 1 aromatic heterocycles. The zero-order chi connectivity index (χ0) is 12.6. The largest absolute Gasteiger partial charge is 0.493 e. The van der Waals surface area contributed by atoms with Crippen LogP contribution in [-0.2, 0) is 0 Å². The minimum absolute atomic E-state index is 0.698. The number of thioether (sulfide) groups is 1. The molecule has 0 saturated carbocycles. The number of nitrogen functional groups attached to an aromatic ring is 1. The Labute approximate surface area is 111 Å². The fourth-order valence-corrected chi connectivity index (χ4v) is 2.24. The van der Waals surface area contributed by atoms with Crippen LogP contribution < -0.4 is 10.5 Å². The van der Waals surface area contributed by atoms with Gasteiger partial charge in [-0.05, 0) is 30.7 Å². The molecule has 2 aromatic rings. The third-order valence-electron chi connectivity index (χ3n) is 2.30. The van der Waals surface area contributed by atoms with Crippen LogP contribution in [0.5, 0.6) is 5.75 Å². The zero-order valence-electron chi connectivity index (χ0n) is 10.1. The summed E-state index contributed by atoms with van der Waals surface area (Å²) in [7, 11) is 0. The lowest BCUT2D eigenvalue weighted by molar-refractivity contribution is 0.319. The van der Waals surface area contributed by atoms with Crippen molar-refractivity contribution in [1.29, 1.82) is 0 Å². The molecule has 2 rings (SSSR count). The molecule has 0 aliphatic carbocycles. The summed E-state index contributed by atoms with van der Waals surface area (Å²) >= 11 is 1.74. The predicted octanol–water partition coefficient (Wildman–Crippen LogP) is 3.23. The van der Waals surface area contributed by atoms with E-state index in [1.165, 1.54) is 0 Å². The first-order chi connectivity index (χ1) is 8.84. The number of pyridine rings is 1. The van der Waals surface area contributed by atoms with E-state index in [0.717, 1.165) is 28.6 Å². The quantitative estimate of drug-likeness (QED) is 0.492. The Hall–Kier alpha value is -1.68. The number of nitrogens with zero attached hydrogens (tertiary/aromatic N) is 1. The van der Waals surface area contributed by atoms with Gasteiger partial charge in [0.1, 0.15) is 5.75 Å². The molecule has 0 unspecified atom stereocenters. The molecule has 1 aromatic carbocycles. The lowest BCUT2D eigenvalue weighted by atomic mass is 10.3. The van der Waals surface area contributed by atoms with Crippen LogP contribution in [0.2, 0.25) is 0 Å². The summed E-state index contributed by atoms with van der Waals surface area (Å²) in [4.78, 5) is 4.25. The first-order valence-corrected chi connectivity index (χ1v) is 6.85. The normalized spacial score (nSPS) is 10.2. The zero-order valence-corrected chi connectivity index (χ0v) is 10.9. The van der Waals surface area contributed by atoms with Crippen molar-refractivity contribution in [3.05, 3.63) is 48.7 Å². The Bertz CT molecular complexity index is 476. The van der Waals surface area contributed by atoms with Gasteiger partial charge in [-0.1, -0.05) is 12.1 Å². The first kappa shape index (κ1) is 12.8. The van der Waals surface area contributed by atoms with Crippen LogP contribution in [0.25, 0.3) is 0 Å². The highest BCUT2D eigenvalue weighted by molar-refractivity contribution is 7.99. The van der Waals surface area contributed by atoms with Gasteiger partial charge in [-0.3, -0.25) is 0 Å². The van der Waals surface area contributed by atoms with Crippen molar-refractivity contribution in [2.45, 2.75) is 11.4 Å². The molecular weight excluding hydrogens is 244 g/mol. The van der Waals surface area contributed by atoms with Crippen molar-refractivity contribution >= 4 is 17.4 Å². The van der Waals surface area contributed by atoms with Gasteiger partial charge in [0, 0.05) is 23.7 Å². The fourth-order valence-electron chi connectivity index (χ4n) is 1.46. The minimum Gasteiger partial charge on any atom is -0.493 e. The molecule has 0 saturated heterocycles. The van der Waals surface area contributed by atoms with E-state index in [-0.39, 0.29) is 0 Å². The molecule has 0 spiro atoms. The van der Waals surface area contributed by atoms with Crippen molar-refractivity contribution in [3.63, 3.8) is 0 Å². The Morgan fingerprint density at radius 1 is 1.17 bits per heavy atom. The third-order valence-corrected chi connectivity index (χ3v) is 3.33. The van der Waals surface area contributed by atoms with Crippen molar-refractivity contribution in [1.82, 2.24) is 4.98 Å². The van der Waals surface area contributed by atoms with Crippen molar-refractivity contribution < 1.29 is 4.74 Å². The van der Waals surface area contributed by atoms with Crippen LogP contribution >= 0.6 is 11.8 Å². The lowest BCUT2D eigenvalue weighted by Gasteiger charge is -2.06. The molecule has 0 amide bonds. The van der Waals surface area contributed by atoms with E-state index in [0.29, 0.717) is 6.61 Å². The highest BCUT2D eigenvalue weighted by atomic mass is 32.2. The number of hydrogen-bond acceptors (Lipinski definition) is 4. The lowest BCUT2D eigenvalue weighted by Crippen LogP contribution is -1.99. The molecule has 0 bridgehead atoms. The van der Waals surface area contributed by atoms with Gasteiger partial charge >= 0.3 is 0 Å². The van der Waals surface area contributed by atoms with Gasteiger partial charge in [0.05, 0.1) is 11.6 Å². The number of aromatic nitrogens is 1. The van der Waals surface area contributed by atoms with Gasteiger partial charge in [-0.2, -0.15) is 0 Å². The highest BCUT2D eigenvalue weighted by Crippen LogP contribution is 2.17. The van der Waals surface area contributed by atoms with Crippen molar-refractivity contribution in [2.24, 2.45) is 0 Å². The number of hydrogen-bond donors (Lipinski definition) is 1. The number of nitrogens with two attached hydrogens (primary N) is 1. The van der Waals surface area contributed by atoms with Crippen LogP contribution in [0, 0.1) is 0 Å². The second kappa shape index (κ2) is 6.91. The summed E-state index contributed by atoms with van der Waals surface area (Å²) in [6, 6.07) is 13.4. The number of anilines is 1. The summed E-state index contributed by atoms with van der Waals surface area (Å²) in [6.45, 7) is 0.698. The molecule has 0 aliphatic rings. The molecule has 2 N–H and O–H groups in total. The van der Waals surface area contributed by atoms with Gasteiger partial charge in [0.25, 0.3) is 0 Å². The fraction of sp³-hybridized carbons (Fsp3) is 0.214. The van der Waals surface area contributed by atoms with Gasteiger partial charge in [0.15, 0.2) is 0 Å². The van der Waals surface area contributed by atoms with Gasteiger partial charge in [-0.15, -0.1) is 11.8 Å². The topological polar surface area (TPSA) is 48.1 Å². The molecule has 18 heavy (non-hydrogen) atoms. The predicted molar refractivity (Wildman–Crippen MR) is 75.9 cm³/mol. The maximum Gasteiger partial charge on any atom is 0.121 e. The SMILES string of the molecule is Nc1cccc(OCCCSc2ccccn2)c1. The van der Waals surface area contributed by atoms with E-state index in [1.807, 2.05) is 48.7 Å². The average Bonchev–Trinajstić information content (AvgIpc) is 2.40. The summed E-state index contributed by atoms with van der Waals surface area (Å²) in [5.41, 5.74) is 6.40. The molecule has 4 heteroatoms. The molecule has 0 radical (unpaired) electrons. The number of benzene rings is 1. The molecule has 0 fully saturated rings. The van der Waals surface area contributed by atoms with Gasteiger partial charge in [0.2, 0.25) is 0 Å². The molecular formula is C14H16N2OS. The molecule has 0 atom stereocenters. The Morgan fingerprint density at radius 2 is 2.11 bits per heavy atom. The van der Waals surface area contributed by atoms with E-state index < -0.39 is 0 Å². The standard InChI is InChI=1S/C14H16N2OS/c15-12-5-3-6-13(11-12)17-9-4-10-18-14-7-1-2-8-16-14/h1-3,5-8,11H,4,9-10,15H2. The van der Waals surface area contributed by atoms with Crippen LogP contribution in [0.15, 0.2) is 53.7 Å². The van der Waals surface area contributed by atoms with Crippen molar-refractivity contribution in [3.8, 4) is 5.75 Å². The molecule has 0 aliphatic heterocycles. The van der Waals surface area contributed by atoms with E-state index in [4.69, 9.17) is 10.5 Å². The monoisotopic (exact) mass is 260 g/mol. The van der Waals surface area contributed by atoms with Crippen LogP contribution in [-0.4, -0.2) is 17.3 Å². The molecule has 1 heterocycles. The minimum atomic E-state index is 0.698. The maximum absolute atomic E-state index is 5.67. The third kappa shape index (κ3) is 4.30. The van der Waals surface area contributed by atoms with Crippen LogP contribution in [0.1, 0.15) is 6.42 Å². The molecule has 94 valence electrons. The second-order valence-electron chi connectivity index (χ2n) is 3.79. The van der Waals surface area contributed by atoms with Crippen LogP contribution in [0.3, 0.4) is 0 Å². The van der Waals surface area contributed by atoms with E-state index in [9.17, 15) is 0 Å². The van der Waals surface area contributed by atoms with E-state index in [1.54, 1.807) is 11.8 Å². The highest BCUT2D eigenvalue weighted by Gasteiger charge is 1.96. The number of rotatable bonds is 6. The van der Waals surface area contributed by atoms with E-state index in [2.05, 4.69) is 4.98 Å². The Kier molecular flexibility index (Phi) is 4.90. The summed E-state index contributed by atoms with van der Waals surface area (Å²) < 4.78 is 5.61. The van der Waals surface area contributed by atoms with Crippen molar-refractivity contribution in [2.75, 3.05) is 18.1 Å². The van der Waals surface area contributed by atoms with E-state index >= 15 is 0 Å². The smallest absolute Gasteiger partial charge is 0.121 e. The van der Waals surface area contributed by atoms with Gasteiger partial charge < -0.3 is 10.5 Å².